The summed E-state index contributed by atoms with van der Waals surface area (Å²) in [6.07, 6.45) is 1.45. The zero-order chi connectivity index (χ0) is 26.0. The van der Waals surface area contributed by atoms with Gasteiger partial charge in [-0.2, -0.15) is 5.10 Å². The number of nitrogens with zero attached hydrogens (tertiary/aromatic N) is 3. The lowest BCUT2D eigenvalue weighted by atomic mass is 9.95. The molecule has 1 unspecified atom stereocenters. The van der Waals surface area contributed by atoms with Crippen LogP contribution in [0.25, 0.3) is 11.4 Å². The van der Waals surface area contributed by atoms with Crippen LogP contribution in [-0.4, -0.2) is 67.8 Å². The van der Waals surface area contributed by atoms with Gasteiger partial charge in [0.05, 0.1) is 59.3 Å². The van der Waals surface area contributed by atoms with Crippen molar-refractivity contribution in [2.24, 2.45) is 0 Å². The molecule has 1 aliphatic heterocycles. The average molecular weight is 491 g/mol. The van der Waals surface area contributed by atoms with E-state index in [0.717, 1.165) is 10.6 Å². The normalized spacial score (nSPS) is 17.2. The van der Waals surface area contributed by atoms with Crippen molar-refractivity contribution in [3.63, 3.8) is 0 Å². The first-order chi connectivity index (χ1) is 17.3. The van der Waals surface area contributed by atoms with E-state index in [9.17, 15) is 14.7 Å². The van der Waals surface area contributed by atoms with Gasteiger partial charge in [0, 0.05) is 16.8 Å². The molecule has 9 nitrogen and oxygen atoms in total. The number of hydrogen-bond acceptors (Lipinski definition) is 6. The van der Waals surface area contributed by atoms with Gasteiger partial charge in [0.15, 0.2) is 11.5 Å². The van der Waals surface area contributed by atoms with Crippen LogP contribution >= 0.6 is 0 Å². The van der Waals surface area contributed by atoms with Gasteiger partial charge >= 0.3 is 0 Å². The molecule has 3 aromatic rings. The summed E-state index contributed by atoms with van der Waals surface area (Å²) in [5, 5.41) is 18.2. The summed E-state index contributed by atoms with van der Waals surface area (Å²) in [7, 11) is 6.97. The molecule has 188 valence electrons. The molecule has 0 saturated carbocycles. The Morgan fingerprint density at radius 1 is 1.06 bits per heavy atom. The number of quaternary nitrogens is 1. The molecular weight excluding hydrogens is 460 g/mol. The lowest BCUT2D eigenvalue weighted by molar-refractivity contribution is -0.857. The molecule has 2 heterocycles. The van der Waals surface area contributed by atoms with Crippen molar-refractivity contribution in [2.75, 3.05) is 41.4 Å². The number of para-hydroxylation sites is 1. The predicted octanol–water partition coefficient (Wildman–Crippen LogP) is 0.566. The van der Waals surface area contributed by atoms with E-state index in [4.69, 9.17) is 9.47 Å². The number of ether oxygens (including phenoxy) is 2. The van der Waals surface area contributed by atoms with E-state index in [2.05, 4.69) is 5.10 Å². The smallest absolute Gasteiger partial charge is 0.295 e. The van der Waals surface area contributed by atoms with Crippen LogP contribution in [0.3, 0.4) is 0 Å². The maximum Gasteiger partial charge on any atom is 0.295 e. The molecule has 1 aromatic heterocycles. The van der Waals surface area contributed by atoms with Crippen molar-refractivity contribution in [2.45, 2.75) is 13.0 Å². The van der Waals surface area contributed by atoms with Gasteiger partial charge in [-0.15, -0.1) is 0 Å². The van der Waals surface area contributed by atoms with E-state index in [1.807, 2.05) is 44.4 Å². The van der Waals surface area contributed by atoms with Gasteiger partial charge in [0.2, 0.25) is 5.78 Å². The van der Waals surface area contributed by atoms with E-state index in [1.165, 1.54) is 25.3 Å². The van der Waals surface area contributed by atoms with E-state index in [1.54, 1.807) is 29.8 Å². The fourth-order valence-electron chi connectivity index (χ4n) is 4.42. The number of likely N-dealkylation sites (tertiary alicyclic amines) is 1. The molecule has 2 aromatic carbocycles. The van der Waals surface area contributed by atoms with Crippen molar-refractivity contribution >= 4 is 17.4 Å². The SMILES string of the molecule is COc1ccc(C2/C(=C(\[O-])c3cnn(-c4ccccc4)c3C)C(=O)C(=O)N2CC[NH+](C)C)cc1OC. The summed E-state index contributed by atoms with van der Waals surface area (Å²) in [6.45, 7) is 2.69. The first-order valence-electron chi connectivity index (χ1n) is 11.7. The molecule has 36 heavy (non-hydrogen) atoms. The van der Waals surface area contributed by atoms with Crippen LogP contribution in [0.5, 0.6) is 11.5 Å². The Bertz CT molecular complexity index is 1310. The molecule has 1 aliphatic rings. The number of ketones is 1. The largest absolute Gasteiger partial charge is 0.872 e. The average Bonchev–Trinajstić information content (AvgIpc) is 3.39. The van der Waals surface area contributed by atoms with Gasteiger partial charge in [-0.25, -0.2) is 4.68 Å². The molecule has 4 rings (SSSR count). The lowest BCUT2D eigenvalue weighted by Crippen LogP contribution is -3.06. The Morgan fingerprint density at radius 2 is 1.75 bits per heavy atom. The summed E-state index contributed by atoms with van der Waals surface area (Å²) in [5.41, 5.74) is 2.16. The number of likely N-dealkylation sites (N-methyl/N-ethyl adjacent to an activating group) is 1. The molecule has 0 aliphatic carbocycles. The molecule has 0 spiro atoms. The highest BCUT2D eigenvalue weighted by molar-refractivity contribution is 6.46. The summed E-state index contributed by atoms with van der Waals surface area (Å²) >= 11 is 0. The van der Waals surface area contributed by atoms with Gasteiger partial charge in [-0.1, -0.05) is 30.0 Å². The summed E-state index contributed by atoms with van der Waals surface area (Å²) in [5.74, 6) is -1.03. The highest BCUT2D eigenvalue weighted by atomic mass is 16.5. The van der Waals surface area contributed by atoms with Crippen molar-refractivity contribution in [3.8, 4) is 17.2 Å². The third-order valence-electron chi connectivity index (χ3n) is 6.36. The van der Waals surface area contributed by atoms with Crippen molar-refractivity contribution in [3.05, 3.63) is 77.1 Å². The van der Waals surface area contributed by atoms with E-state index >= 15 is 0 Å². The van der Waals surface area contributed by atoms with Crippen LogP contribution in [0.2, 0.25) is 0 Å². The lowest BCUT2D eigenvalue weighted by Gasteiger charge is -2.28. The third kappa shape index (κ3) is 4.45. The second-order valence-electron chi connectivity index (χ2n) is 8.94. The second-order valence-corrected chi connectivity index (χ2v) is 8.94. The summed E-state index contributed by atoms with van der Waals surface area (Å²) in [6, 6.07) is 13.7. The second kappa shape index (κ2) is 10.2. The first-order valence-corrected chi connectivity index (χ1v) is 11.7. The fraction of sp³-hybridized carbons (Fsp3) is 0.296. The molecule has 9 heteroatoms. The van der Waals surface area contributed by atoms with Crippen molar-refractivity contribution < 1.29 is 29.1 Å². The maximum absolute atomic E-state index is 13.9. The monoisotopic (exact) mass is 490 g/mol. The number of aromatic nitrogens is 2. The number of Topliss-reactive ketones (excluding diaryl/α,β-unsaturated/α-hetero) is 1. The minimum absolute atomic E-state index is 0.0864. The fourth-order valence-corrected chi connectivity index (χ4v) is 4.42. The molecule has 1 amide bonds. The number of carbonyl (C=O) groups is 2. The molecule has 1 N–H and O–H groups in total. The van der Waals surface area contributed by atoms with Crippen molar-refractivity contribution in [1.29, 1.82) is 0 Å². The number of benzene rings is 2. The van der Waals surface area contributed by atoms with Gasteiger partial charge in [-0.05, 0) is 36.8 Å². The number of carbonyl (C=O) groups excluding carboxylic acids is 2. The third-order valence-corrected chi connectivity index (χ3v) is 6.36. The zero-order valence-corrected chi connectivity index (χ0v) is 21.1. The highest BCUT2D eigenvalue weighted by Crippen LogP contribution is 2.41. The number of nitrogens with one attached hydrogen (secondary N) is 1. The minimum atomic E-state index is -0.851. The van der Waals surface area contributed by atoms with E-state index in [-0.39, 0.29) is 11.1 Å². The number of methoxy groups -OCH3 is 2. The zero-order valence-electron chi connectivity index (χ0n) is 21.1. The van der Waals surface area contributed by atoms with Crippen LogP contribution in [0.4, 0.5) is 0 Å². The number of amides is 1. The molecule has 0 radical (unpaired) electrons. The predicted molar refractivity (Wildman–Crippen MR) is 132 cm³/mol. The highest BCUT2D eigenvalue weighted by Gasteiger charge is 2.44. The van der Waals surface area contributed by atoms with Crippen LogP contribution in [0.1, 0.15) is 22.9 Å². The first kappa shape index (κ1) is 25.0. The summed E-state index contributed by atoms with van der Waals surface area (Å²) in [4.78, 5) is 29.0. The topological polar surface area (TPSA) is 101 Å². The minimum Gasteiger partial charge on any atom is -0.872 e. The standard InChI is InChI=1S/C27H30N4O5/c1-17-20(16-28-31(17)19-9-7-6-8-10-19)25(32)23-24(18-11-12-21(35-4)22(15-18)36-5)30(14-13-29(2)3)27(34)26(23)33/h6-12,15-16,24,32H,13-14H2,1-5H3/b25-23+. The number of hydrogen-bond donors (Lipinski definition) is 1. The maximum atomic E-state index is 13.9. The molecule has 0 bridgehead atoms. The van der Waals surface area contributed by atoms with Gasteiger partial charge in [0.1, 0.15) is 0 Å². The van der Waals surface area contributed by atoms with Gasteiger partial charge in [0.25, 0.3) is 5.91 Å². The van der Waals surface area contributed by atoms with Crippen LogP contribution in [0, 0.1) is 6.92 Å². The summed E-state index contributed by atoms with van der Waals surface area (Å²) < 4.78 is 12.4. The van der Waals surface area contributed by atoms with Crippen LogP contribution in [-0.2, 0) is 9.59 Å². The Labute approximate surface area is 210 Å². The van der Waals surface area contributed by atoms with Gasteiger partial charge < -0.3 is 24.4 Å². The Kier molecular flexibility index (Phi) is 7.12. The molecule has 1 fully saturated rings. The van der Waals surface area contributed by atoms with Crippen LogP contribution < -0.4 is 19.5 Å². The van der Waals surface area contributed by atoms with E-state index < -0.39 is 23.5 Å². The van der Waals surface area contributed by atoms with Crippen molar-refractivity contribution in [1.82, 2.24) is 14.7 Å². The van der Waals surface area contributed by atoms with Crippen LogP contribution in [0.15, 0.2) is 60.3 Å². The molecule has 1 saturated heterocycles. The molecule has 1 atom stereocenters. The van der Waals surface area contributed by atoms with Gasteiger partial charge in [-0.3, -0.25) is 9.59 Å². The Balaban J connectivity index is 1.87. The Hall–Kier alpha value is -4.11. The number of rotatable bonds is 8. The molecular formula is C27H30N4O5. The Morgan fingerprint density at radius 3 is 2.39 bits per heavy atom. The quantitative estimate of drug-likeness (QED) is 0.282. The van der Waals surface area contributed by atoms with E-state index in [0.29, 0.717) is 35.8 Å².